The van der Waals surface area contributed by atoms with Gasteiger partial charge in [-0.2, -0.15) is 0 Å². The molecule has 7 atom stereocenters. The summed E-state index contributed by atoms with van der Waals surface area (Å²) in [5.74, 6) is -0.694. The van der Waals surface area contributed by atoms with Crippen LogP contribution in [0.1, 0.15) is 40.5 Å². The summed E-state index contributed by atoms with van der Waals surface area (Å²) in [4.78, 5) is 39.6. The van der Waals surface area contributed by atoms with E-state index < -0.39 is 7.37 Å². The largest absolute Gasteiger partial charge is 0.462 e. The summed E-state index contributed by atoms with van der Waals surface area (Å²) in [5.41, 5.74) is 0. The Hall–Kier alpha value is -1.56. The molecule has 0 aromatic carbocycles. The van der Waals surface area contributed by atoms with E-state index in [1.54, 1.807) is 6.66 Å². The predicted octanol–water partition coefficient (Wildman–Crippen LogP) is 1.33. The van der Waals surface area contributed by atoms with Gasteiger partial charge < -0.3 is 18.7 Å². The van der Waals surface area contributed by atoms with Crippen molar-refractivity contribution >= 4 is 25.3 Å². The minimum Gasteiger partial charge on any atom is -0.462 e. The summed E-state index contributed by atoms with van der Waals surface area (Å²) in [6.07, 6.45) is 1.85. The smallest absolute Gasteiger partial charge is 0.361 e. The molecule has 4 aliphatic rings. The fraction of sp³-hybridized carbons (Fsp3) is 0.893. The molecule has 13 heteroatoms. The van der Waals surface area contributed by atoms with Crippen molar-refractivity contribution in [1.82, 2.24) is 0 Å². The molecular formula is C28H53N4O8P+4. The third kappa shape index (κ3) is 6.24. The molecular weight excluding hydrogens is 551 g/mol. The van der Waals surface area contributed by atoms with Gasteiger partial charge in [0.15, 0.2) is 25.9 Å². The van der Waals surface area contributed by atoms with Crippen LogP contribution in [-0.4, -0.2) is 160 Å². The van der Waals surface area contributed by atoms with Crippen LogP contribution < -0.4 is 0 Å². The van der Waals surface area contributed by atoms with Gasteiger partial charge in [0.1, 0.15) is 26.2 Å². The first kappa shape index (κ1) is 32.4. The van der Waals surface area contributed by atoms with Gasteiger partial charge in [0.2, 0.25) is 0 Å². The Labute approximate surface area is 245 Å². The fourth-order valence-corrected chi connectivity index (χ4v) is 11.2. The van der Waals surface area contributed by atoms with Gasteiger partial charge in [0.05, 0.1) is 52.6 Å². The Morgan fingerprint density at radius 3 is 1.29 bits per heavy atom. The molecule has 0 aliphatic carbocycles. The number of quaternary nitrogens is 4. The van der Waals surface area contributed by atoms with Crippen molar-refractivity contribution in [3.63, 3.8) is 0 Å². The van der Waals surface area contributed by atoms with E-state index in [1.807, 2.05) is 27.7 Å². The molecule has 4 fully saturated rings. The number of carbonyl (C=O) groups excluding carboxylic acids is 3. The maximum absolute atomic E-state index is 13.9. The molecule has 0 bridgehead atoms. The SMILES string of the molecule is CCOC(=O)C[N+]12CCC[N+]3(CC(=O)OCC)CC[N+]4(CP(C)(=O)OCC)CCC[N+](CC(=O)OCC)(CC1)C4C23. The minimum absolute atomic E-state index is 0.145. The molecule has 7 unspecified atom stereocenters. The van der Waals surface area contributed by atoms with Crippen molar-refractivity contribution < 1.29 is 55.6 Å². The van der Waals surface area contributed by atoms with Crippen LogP contribution in [0, 0.1) is 0 Å². The van der Waals surface area contributed by atoms with Crippen LogP contribution in [0.15, 0.2) is 0 Å². The van der Waals surface area contributed by atoms with Crippen molar-refractivity contribution in [2.75, 3.05) is 111 Å². The number of hydrogen-bond donors (Lipinski definition) is 0. The van der Waals surface area contributed by atoms with Crippen molar-refractivity contribution in [2.24, 2.45) is 0 Å². The summed E-state index contributed by atoms with van der Waals surface area (Å²) in [7, 11) is -2.98. The van der Waals surface area contributed by atoms with Crippen LogP contribution in [0.3, 0.4) is 0 Å². The van der Waals surface area contributed by atoms with Gasteiger partial charge in [-0.25, -0.2) is 27.8 Å². The molecule has 12 nitrogen and oxygen atoms in total. The summed E-state index contributed by atoms with van der Waals surface area (Å²) in [6.45, 7) is 17.2. The van der Waals surface area contributed by atoms with E-state index in [4.69, 9.17) is 18.7 Å². The first-order chi connectivity index (χ1) is 19.4. The lowest BCUT2D eigenvalue weighted by atomic mass is 9.89. The molecule has 0 aromatic heterocycles. The lowest BCUT2D eigenvalue weighted by molar-refractivity contribution is -1.28. The van der Waals surface area contributed by atoms with Gasteiger partial charge >= 0.3 is 30.2 Å². The summed E-state index contributed by atoms with van der Waals surface area (Å²) in [5, 5.41) is 0. The highest BCUT2D eigenvalue weighted by Gasteiger charge is 2.78. The van der Waals surface area contributed by atoms with Gasteiger partial charge in [-0.1, -0.05) is 0 Å². The van der Waals surface area contributed by atoms with Crippen molar-refractivity contribution in [1.29, 1.82) is 0 Å². The number of rotatable bonds is 13. The highest BCUT2D eigenvalue weighted by atomic mass is 31.2. The number of piperazine rings is 2. The number of carbonyl (C=O) groups is 3. The third-order valence-electron chi connectivity index (χ3n) is 10.1. The van der Waals surface area contributed by atoms with Crippen LogP contribution in [0.25, 0.3) is 0 Å². The third-order valence-corrected chi connectivity index (χ3v) is 12.0. The quantitative estimate of drug-likeness (QED) is 0.134. The lowest BCUT2D eigenvalue weighted by Gasteiger charge is -2.69. The van der Waals surface area contributed by atoms with Crippen molar-refractivity contribution in [3.8, 4) is 0 Å². The first-order valence-corrected chi connectivity index (χ1v) is 17.8. The zero-order valence-electron chi connectivity index (χ0n) is 25.9. The highest BCUT2D eigenvalue weighted by Crippen LogP contribution is 2.54. The van der Waals surface area contributed by atoms with Crippen LogP contribution >= 0.6 is 7.37 Å². The Morgan fingerprint density at radius 2 is 0.927 bits per heavy atom. The van der Waals surface area contributed by atoms with E-state index in [0.717, 1.165) is 45.6 Å². The molecule has 4 heterocycles. The second-order valence-corrected chi connectivity index (χ2v) is 15.2. The molecule has 0 amide bonds. The highest BCUT2D eigenvalue weighted by molar-refractivity contribution is 7.57. The lowest BCUT2D eigenvalue weighted by Crippen LogP contribution is -2.96. The summed E-state index contributed by atoms with van der Waals surface area (Å²) < 4.78 is 38.5. The Kier molecular flexibility index (Phi) is 9.93. The Balaban J connectivity index is 1.91. The monoisotopic (exact) mass is 604 g/mol. The second kappa shape index (κ2) is 12.6. The van der Waals surface area contributed by atoms with E-state index in [-0.39, 0.29) is 49.9 Å². The van der Waals surface area contributed by atoms with E-state index in [2.05, 4.69) is 0 Å². The molecule has 4 saturated heterocycles. The van der Waals surface area contributed by atoms with Crippen LogP contribution in [0.5, 0.6) is 0 Å². The molecule has 0 saturated carbocycles. The van der Waals surface area contributed by atoms with Crippen molar-refractivity contribution in [3.05, 3.63) is 0 Å². The van der Waals surface area contributed by atoms with Crippen LogP contribution in [0.4, 0.5) is 0 Å². The molecule has 4 aliphatic heterocycles. The van der Waals surface area contributed by atoms with E-state index in [1.165, 1.54) is 0 Å². The zero-order chi connectivity index (χ0) is 29.9. The Morgan fingerprint density at radius 1 is 0.585 bits per heavy atom. The Bertz CT molecular complexity index is 1020. The average Bonchev–Trinajstić information content (AvgIpc) is 2.88. The number of esters is 3. The van der Waals surface area contributed by atoms with Gasteiger partial charge in [-0.3, -0.25) is 9.05 Å². The molecule has 0 N–H and O–H groups in total. The van der Waals surface area contributed by atoms with Gasteiger partial charge in [-0.15, -0.1) is 0 Å². The normalized spacial score (nSPS) is 37.3. The molecule has 234 valence electrons. The summed E-state index contributed by atoms with van der Waals surface area (Å²) in [6, 6.07) is 0. The van der Waals surface area contributed by atoms with E-state index >= 15 is 0 Å². The maximum Gasteiger partial charge on any atom is 0.361 e. The minimum atomic E-state index is -2.98. The molecule has 4 rings (SSSR count). The maximum atomic E-state index is 13.9. The van der Waals surface area contributed by atoms with Crippen molar-refractivity contribution in [2.45, 2.75) is 52.9 Å². The molecule has 0 spiro atoms. The fourth-order valence-electron chi connectivity index (χ4n) is 9.07. The van der Waals surface area contributed by atoms with E-state index in [9.17, 15) is 18.9 Å². The first-order valence-electron chi connectivity index (χ1n) is 15.6. The predicted molar refractivity (Wildman–Crippen MR) is 151 cm³/mol. The zero-order valence-corrected chi connectivity index (χ0v) is 26.8. The number of hydrogen-bond acceptors (Lipinski definition) is 8. The molecule has 41 heavy (non-hydrogen) atoms. The number of ether oxygens (including phenoxy) is 3. The standard InChI is InChI=1S/C28H53N4O8P/c1-6-37-24(33)20-29-12-10-13-30(21-25(34)38-7-2)18-19-32(23-41(5,36)40-9-4)15-11-14-31(17-16-29,28(32)27(29)30)22-26(35)39-8-3/h27-28H,6-23H2,1-5H3/q+4. The average molecular weight is 605 g/mol. The number of nitrogens with zero attached hydrogens (tertiary/aromatic N) is 4. The second-order valence-electron chi connectivity index (χ2n) is 12.7. The summed E-state index contributed by atoms with van der Waals surface area (Å²) >= 11 is 0. The molecule has 0 aromatic rings. The van der Waals surface area contributed by atoms with Gasteiger partial charge in [-0.05, 0) is 27.7 Å². The van der Waals surface area contributed by atoms with E-state index in [0.29, 0.717) is 70.3 Å². The van der Waals surface area contributed by atoms with Gasteiger partial charge in [0, 0.05) is 19.5 Å². The van der Waals surface area contributed by atoms with Crippen LogP contribution in [0.2, 0.25) is 0 Å². The molecule has 0 radical (unpaired) electrons. The topological polar surface area (TPSA) is 105 Å². The van der Waals surface area contributed by atoms with Gasteiger partial charge in [0.25, 0.3) is 7.37 Å². The van der Waals surface area contributed by atoms with Crippen LogP contribution in [-0.2, 0) is 37.7 Å².